The molecule has 0 amide bonds. The molecule has 0 spiro atoms. The third-order valence-corrected chi connectivity index (χ3v) is 6.27. The Morgan fingerprint density at radius 2 is 1.38 bits per heavy atom. The van der Waals surface area contributed by atoms with Gasteiger partial charge in [-0.25, -0.2) is 26.7 Å². The lowest BCUT2D eigenvalue weighted by Crippen LogP contribution is -2.31. The van der Waals surface area contributed by atoms with E-state index in [1.807, 2.05) is 13.8 Å². The smallest absolute Gasteiger partial charge is 0.241 e. The number of hydrogen-bond donors (Lipinski definition) is 2. The molecule has 9 heteroatoms. The number of methoxy groups -OCH3 is 1. The van der Waals surface area contributed by atoms with Gasteiger partial charge in [0.15, 0.2) is 0 Å². The van der Waals surface area contributed by atoms with Crippen LogP contribution >= 0.6 is 0 Å². The first kappa shape index (κ1) is 20.4. The van der Waals surface area contributed by atoms with Gasteiger partial charge in [-0.2, -0.15) is 0 Å². The molecule has 7 nitrogen and oxygen atoms in total. The third-order valence-electron chi connectivity index (χ3n) is 3.89. The van der Waals surface area contributed by atoms with Crippen molar-refractivity contribution in [3.63, 3.8) is 0 Å². The lowest BCUT2D eigenvalue weighted by molar-refractivity contribution is 0.413. The van der Waals surface area contributed by atoms with Gasteiger partial charge in [-0.3, -0.25) is 0 Å². The first-order valence-corrected chi connectivity index (χ1v) is 10.9. The number of nitrogens with one attached hydrogen (secondary N) is 1. The summed E-state index contributed by atoms with van der Waals surface area (Å²) in [4.78, 5) is -0.184. The van der Waals surface area contributed by atoms with E-state index in [4.69, 9.17) is 9.88 Å². The van der Waals surface area contributed by atoms with E-state index >= 15 is 0 Å². The van der Waals surface area contributed by atoms with Crippen molar-refractivity contribution in [2.24, 2.45) is 11.1 Å². The Morgan fingerprint density at radius 1 is 0.885 bits per heavy atom. The molecule has 0 aliphatic heterocycles. The van der Waals surface area contributed by atoms with Gasteiger partial charge in [0.2, 0.25) is 20.0 Å². The van der Waals surface area contributed by atoms with Crippen LogP contribution in [-0.2, 0) is 20.0 Å². The first-order valence-electron chi connectivity index (χ1n) is 7.84. The summed E-state index contributed by atoms with van der Waals surface area (Å²) in [6.45, 7) is 3.81. The molecular weight excluding hydrogens is 376 g/mol. The zero-order valence-corrected chi connectivity index (χ0v) is 16.3. The molecule has 0 heterocycles. The molecule has 0 radical (unpaired) electrons. The zero-order valence-electron chi connectivity index (χ0n) is 14.7. The van der Waals surface area contributed by atoms with Gasteiger partial charge in [0.25, 0.3) is 0 Å². The fourth-order valence-corrected chi connectivity index (χ4v) is 4.33. The molecule has 142 valence electrons. The van der Waals surface area contributed by atoms with Crippen LogP contribution in [0.15, 0.2) is 58.3 Å². The molecule has 2 rings (SSSR count). The van der Waals surface area contributed by atoms with E-state index in [9.17, 15) is 16.8 Å². The maximum Gasteiger partial charge on any atom is 0.241 e. The average molecular weight is 399 g/mol. The highest BCUT2D eigenvalue weighted by Gasteiger charge is 2.24. The summed E-state index contributed by atoms with van der Waals surface area (Å²) in [5, 5.41) is 5.03. The molecule has 0 aliphatic carbocycles. The van der Waals surface area contributed by atoms with Crippen molar-refractivity contribution in [2.45, 2.75) is 29.7 Å². The molecule has 0 saturated heterocycles. The van der Waals surface area contributed by atoms with Crippen LogP contribution < -0.4 is 14.6 Å². The van der Waals surface area contributed by atoms with Crippen LogP contribution in [0, 0.1) is 5.92 Å². The van der Waals surface area contributed by atoms with Crippen molar-refractivity contribution in [3.05, 3.63) is 54.1 Å². The maximum absolute atomic E-state index is 12.7. The predicted octanol–water partition coefficient (Wildman–Crippen LogP) is 2.02. The van der Waals surface area contributed by atoms with E-state index in [-0.39, 0.29) is 15.7 Å². The summed E-state index contributed by atoms with van der Waals surface area (Å²) < 4.78 is 55.8. The molecule has 0 aliphatic rings. The number of benzene rings is 2. The van der Waals surface area contributed by atoms with Crippen LogP contribution in [0.25, 0.3) is 0 Å². The van der Waals surface area contributed by atoms with Gasteiger partial charge >= 0.3 is 0 Å². The van der Waals surface area contributed by atoms with Crippen LogP contribution in [0.5, 0.6) is 5.75 Å². The van der Waals surface area contributed by atoms with Crippen LogP contribution in [0.1, 0.15) is 25.5 Å². The molecular formula is C17H22N2O5S2. The fraction of sp³-hybridized carbons (Fsp3) is 0.294. The first-order chi connectivity index (χ1) is 12.0. The zero-order chi connectivity index (χ0) is 19.5. The number of nitrogens with two attached hydrogens (primary N) is 1. The molecule has 1 atom stereocenters. The quantitative estimate of drug-likeness (QED) is 0.740. The van der Waals surface area contributed by atoms with Gasteiger partial charge in [0, 0.05) is 6.04 Å². The van der Waals surface area contributed by atoms with Crippen molar-refractivity contribution in [2.75, 3.05) is 7.11 Å². The van der Waals surface area contributed by atoms with Gasteiger partial charge < -0.3 is 4.74 Å². The fourth-order valence-electron chi connectivity index (χ4n) is 2.44. The summed E-state index contributed by atoms with van der Waals surface area (Å²) in [6.07, 6.45) is 0. The molecule has 0 saturated carbocycles. The highest BCUT2D eigenvalue weighted by molar-refractivity contribution is 7.89. The van der Waals surface area contributed by atoms with Gasteiger partial charge in [-0.1, -0.05) is 26.0 Å². The minimum Gasteiger partial charge on any atom is -0.497 e. The Labute approximate surface area is 154 Å². The van der Waals surface area contributed by atoms with Crippen LogP contribution in [-0.4, -0.2) is 23.9 Å². The Kier molecular flexibility index (Phi) is 6.07. The lowest BCUT2D eigenvalue weighted by Gasteiger charge is -2.23. The van der Waals surface area contributed by atoms with Gasteiger partial charge in [-0.05, 0) is 47.9 Å². The van der Waals surface area contributed by atoms with Crippen molar-refractivity contribution in [1.82, 2.24) is 4.72 Å². The van der Waals surface area contributed by atoms with Crippen molar-refractivity contribution >= 4 is 20.0 Å². The monoisotopic (exact) mass is 398 g/mol. The molecule has 0 bridgehead atoms. The molecule has 2 aromatic rings. The van der Waals surface area contributed by atoms with Gasteiger partial charge in [0.1, 0.15) is 5.75 Å². The molecule has 3 N–H and O–H groups in total. The summed E-state index contributed by atoms with van der Waals surface area (Å²) in [6, 6.07) is 11.4. The Balaban J connectivity index is 2.31. The number of sulfonamides is 2. The van der Waals surface area contributed by atoms with Crippen molar-refractivity contribution in [3.8, 4) is 5.75 Å². The van der Waals surface area contributed by atoms with E-state index in [2.05, 4.69) is 4.72 Å². The molecule has 2 aromatic carbocycles. The number of primary sulfonamides is 1. The third kappa shape index (κ3) is 4.82. The predicted molar refractivity (Wildman–Crippen MR) is 98.7 cm³/mol. The average Bonchev–Trinajstić information content (AvgIpc) is 2.59. The van der Waals surface area contributed by atoms with Gasteiger partial charge in [-0.15, -0.1) is 0 Å². The van der Waals surface area contributed by atoms with E-state index in [1.54, 1.807) is 31.4 Å². The maximum atomic E-state index is 12.7. The second-order valence-electron chi connectivity index (χ2n) is 6.13. The molecule has 0 unspecified atom stereocenters. The highest BCUT2D eigenvalue weighted by atomic mass is 32.2. The topological polar surface area (TPSA) is 116 Å². The summed E-state index contributed by atoms with van der Waals surface area (Å²) in [5.41, 5.74) is 0.797. The lowest BCUT2D eigenvalue weighted by atomic mass is 9.97. The summed E-state index contributed by atoms with van der Waals surface area (Å²) in [5.74, 6) is 0.666. The van der Waals surface area contributed by atoms with E-state index in [0.29, 0.717) is 5.75 Å². The molecule has 0 aromatic heterocycles. The second kappa shape index (κ2) is 7.75. The highest BCUT2D eigenvalue weighted by Crippen LogP contribution is 2.26. The number of rotatable bonds is 7. The Hall–Kier alpha value is -1.94. The summed E-state index contributed by atoms with van der Waals surface area (Å²) in [7, 11) is -6.17. The van der Waals surface area contributed by atoms with Crippen molar-refractivity contribution < 1.29 is 21.6 Å². The minimum atomic E-state index is -3.88. The Morgan fingerprint density at radius 3 is 1.81 bits per heavy atom. The SMILES string of the molecule is COc1ccc([C@H](NS(=O)(=O)c2ccc(S(N)(=O)=O)cc2)C(C)C)cc1. The minimum absolute atomic E-state index is 0.0122. The van der Waals surface area contributed by atoms with E-state index < -0.39 is 26.1 Å². The standard InChI is InChI=1S/C17H22N2O5S2/c1-12(2)17(13-4-6-14(24-3)7-5-13)19-26(22,23)16-10-8-15(9-11-16)25(18,20)21/h4-12,17,19H,1-3H3,(H2,18,20,21)/t17-/m1/s1. The van der Waals surface area contributed by atoms with Crippen LogP contribution in [0.3, 0.4) is 0 Å². The number of hydrogen-bond acceptors (Lipinski definition) is 5. The van der Waals surface area contributed by atoms with E-state index in [0.717, 1.165) is 5.56 Å². The largest absolute Gasteiger partial charge is 0.497 e. The second-order valence-corrected chi connectivity index (χ2v) is 9.41. The van der Waals surface area contributed by atoms with E-state index in [1.165, 1.54) is 24.3 Å². The van der Waals surface area contributed by atoms with Gasteiger partial charge in [0.05, 0.1) is 16.9 Å². The summed E-state index contributed by atoms with van der Waals surface area (Å²) >= 11 is 0. The normalized spacial score (nSPS) is 13.6. The molecule has 26 heavy (non-hydrogen) atoms. The van der Waals surface area contributed by atoms with Crippen LogP contribution in [0.4, 0.5) is 0 Å². The van der Waals surface area contributed by atoms with Crippen molar-refractivity contribution in [1.29, 1.82) is 0 Å². The number of ether oxygens (including phenoxy) is 1. The Bertz CT molecular complexity index is 951. The molecule has 0 fully saturated rings. The van der Waals surface area contributed by atoms with Crippen LogP contribution in [0.2, 0.25) is 0 Å².